The predicted molar refractivity (Wildman–Crippen MR) is 71.9 cm³/mol. The van der Waals surface area contributed by atoms with Crippen molar-refractivity contribution in [3.05, 3.63) is 24.3 Å². The lowest BCUT2D eigenvalue weighted by atomic mass is 10.2. The van der Waals surface area contributed by atoms with Gasteiger partial charge in [0.15, 0.2) is 0 Å². The second kappa shape index (κ2) is 5.92. The van der Waals surface area contributed by atoms with Crippen LogP contribution in [-0.2, 0) is 0 Å². The van der Waals surface area contributed by atoms with E-state index in [2.05, 4.69) is 35.3 Å². The van der Waals surface area contributed by atoms with Gasteiger partial charge in [0.05, 0.1) is 7.11 Å². The van der Waals surface area contributed by atoms with E-state index < -0.39 is 0 Å². The Bertz CT molecular complexity index is 354. The molecule has 3 nitrogen and oxygen atoms in total. The van der Waals surface area contributed by atoms with Crippen LogP contribution in [0.1, 0.15) is 19.8 Å². The summed E-state index contributed by atoms with van der Waals surface area (Å²) in [4.78, 5) is 2.43. The number of methoxy groups -OCH3 is 1. The fourth-order valence-corrected chi connectivity index (χ4v) is 2.32. The molecule has 0 spiro atoms. The Morgan fingerprint density at radius 1 is 1.47 bits per heavy atom. The van der Waals surface area contributed by atoms with Crippen molar-refractivity contribution in [2.75, 3.05) is 31.6 Å². The lowest BCUT2D eigenvalue weighted by molar-refractivity contribution is 0.415. The summed E-state index contributed by atoms with van der Waals surface area (Å²) < 4.78 is 5.26. The van der Waals surface area contributed by atoms with Crippen LogP contribution in [0, 0.1) is 0 Å². The van der Waals surface area contributed by atoms with E-state index in [4.69, 9.17) is 4.74 Å². The topological polar surface area (TPSA) is 24.5 Å². The smallest absolute Gasteiger partial charge is 0.120 e. The number of anilines is 1. The molecule has 0 radical (unpaired) electrons. The standard InChI is InChI=1S/C14H22N2O/c1-3-8-15-12-7-9-16(11-12)13-5-4-6-14(10-13)17-2/h4-6,10,12,15H,3,7-9,11H2,1-2H3. The van der Waals surface area contributed by atoms with Gasteiger partial charge in [0.25, 0.3) is 0 Å². The molecule has 0 aliphatic carbocycles. The first-order valence-corrected chi connectivity index (χ1v) is 6.46. The van der Waals surface area contributed by atoms with Crippen LogP contribution >= 0.6 is 0 Å². The number of hydrogen-bond acceptors (Lipinski definition) is 3. The first kappa shape index (κ1) is 12.2. The maximum atomic E-state index is 5.26. The van der Waals surface area contributed by atoms with Gasteiger partial charge in [-0.15, -0.1) is 0 Å². The van der Waals surface area contributed by atoms with Crippen LogP contribution in [0.3, 0.4) is 0 Å². The molecule has 1 aliphatic rings. The molecule has 1 fully saturated rings. The van der Waals surface area contributed by atoms with Gasteiger partial charge in [0, 0.05) is 30.9 Å². The van der Waals surface area contributed by atoms with Crippen LogP contribution in [0.25, 0.3) is 0 Å². The molecule has 1 aliphatic heterocycles. The zero-order valence-corrected chi connectivity index (χ0v) is 10.8. The maximum Gasteiger partial charge on any atom is 0.120 e. The zero-order chi connectivity index (χ0) is 12.1. The van der Waals surface area contributed by atoms with Gasteiger partial charge >= 0.3 is 0 Å². The third-order valence-electron chi connectivity index (χ3n) is 3.29. The van der Waals surface area contributed by atoms with Crippen molar-refractivity contribution >= 4 is 5.69 Å². The number of nitrogens with one attached hydrogen (secondary N) is 1. The van der Waals surface area contributed by atoms with Crippen LogP contribution in [0.15, 0.2) is 24.3 Å². The van der Waals surface area contributed by atoms with Crippen molar-refractivity contribution < 1.29 is 4.74 Å². The third-order valence-corrected chi connectivity index (χ3v) is 3.29. The number of benzene rings is 1. The SMILES string of the molecule is CCCNC1CCN(c2cccc(OC)c2)C1. The van der Waals surface area contributed by atoms with E-state index in [1.165, 1.54) is 18.5 Å². The van der Waals surface area contributed by atoms with Crippen LogP contribution in [-0.4, -0.2) is 32.8 Å². The second-order valence-corrected chi connectivity index (χ2v) is 4.59. The van der Waals surface area contributed by atoms with Gasteiger partial charge < -0.3 is 15.0 Å². The Kier molecular flexibility index (Phi) is 4.26. The molecule has 0 saturated carbocycles. The molecule has 1 N–H and O–H groups in total. The zero-order valence-electron chi connectivity index (χ0n) is 10.8. The summed E-state index contributed by atoms with van der Waals surface area (Å²) in [6.45, 7) is 5.57. The van der Waals surface area contributed by atoms with Gasteiger partial charge in [-0.2, -0.15) is 0 Å². The van der Waals surface area contributed by atoms with Gasteiger partial charge in [-0.1, -0.05) is 13.0 Å². The molecule has 1 atom stereocenters. The van der Waals surface area contributed by atoms with E-state index in [-0.39, 0.29) is 0 Å². The highest BCUT2D eigenvalue weighted by molar-refractivity contribution is 5.51. The Hall–Kier alpha value is -1.22. The highest BCUT2D eigenvalue weighted by Gasteiger charge is 2.21. The average molecular weight is 234 g/mol. The molecular formula is C14H22N2O. The van der Waals surface area contributed by atoms with Crippen LogP contribution in [0.5, 0.6) is 5.75 Å². The van der Waals surface area contributed by atoms with Gasteiger partial charge in [-0.25, -0.2) is 0 Å². The number of rotatable bonds is 5. The molecule has 0 aromatic heterocycles. The van der Waals surface area contributed by atoms with Gasteiger partial charge in [0.2, 0.25) is 0 Å². The molecule has 1 aromatic rings. The summed E-state index contributed by atoms with van der Waals surface area (Å²) in [7, 11) is 1.72. The summed E-state index contributed by atoms with van der Waals surface area (Å²) in [6.07, 6.45) is 2.44. The molecule has 94 valence electrons. The minimum absolute atomic E-state index is 0.640. The van der Waals surface area contributed by atoms with Crippen molar-refractivity contribution in [1.29, 1.82) is 0 Å². The van der Waals surface area contributed by atoms with E-state index in [9.17, 15) is 0 Å². The lowest BCUT2D eigenvalue weighted by Crippen LogP contribution is -2.32. The lowest BCUT2D eigenvalue weighted by Gasteiger charge is -2.19. The van der Waals surface area contributed by atoms with Crippen molar-refractivity contribution in [2.24, 2.45) is 0 Å². The Balaban J connectivity index is 1.94. The molecule has 1 aromatic carbocycles. The summed E-state index contributed by atoms with van der Waals surface area (Å²) in [5.41, 5.74) is 1.27. The second-order valence-electron chi connectivity index (χ2n) is 4.59. The summed E-state index contributed by atoms with van der Waals surface area (Å²) in [5.74, 6) is 0.937. The highest BCUT2D eigenvalue weighted by atomic mass is 16.5. The molecule has 17 heavy (non-hydrogen) atoms. The first-order chi connectivity index (χ1) is 8.33. The van der Waals surface area contributed by atoms with Crippen molar-refractivity contribution in [1.82, 2.24) is 5.32 Å². The third kappa shape index (κ3) is 3.13. The normalized spacial score (nSPS) is 19.6. The predicted octanol–water partition coefficient (Wildman–Crippen LogP) is 2.27. The summed E-state index contributed by atoms with van der Waals surface area (Å²) >= 11 is 0. The quantitative estimate of drug-likeness (QED) is 0.846. The Labute approximate surface area is 104 Å². The first-order valence-electron chi connectivity index (χ1n) is 6.46. The Morgan fingerprint density at radius 3 is 3.12 bits per heavy atom. The number of hydrogen-bond donors (Lipinski definition) is 1. The van der Waals surface area contributed by atoms with E-state index in [0.29, 0.717) is 6.04 Å². The monoisotopic (exact) mass is 234 g/mol. The highest BCUT2D eigenvalue weighted by Crippen LogP contribution is 2.24. The van der Waals surface area contributed by atoms with Gasteiger partial charge in [-0.3, -0.25) is 0 Å². The largest absolute Gasteiger partial charge is 0.497 e. The van der Waals surface area contributed by atoms with Crippen molar-refractivity contribution in [3.63, 3.8) is 0 Å². The van der Waals surface area contributed by atoms with Crippen molar-refractivity contribution in [2.45, 2.75) is 25.8 Å². The van der Waals surface area contributed by atoms with E-state index >= 15 is 0 Å². The van der Waals surface area contributed by atoms with Crippen LogP contribution in [0.2, 0.25) is 0 Å². The molecule has 1 unspecified atom stereocenters. The Morgan fingerprint density at radius 2 is 2.35 bits per heavy atom. The van der Waals surface area contributed by atoms with E-state index in [1.807, 2.05) is 6.07 Å². The molecule has 1 heterocycles. The number of ether oxygens (including phenoxy) is 1. The molecule has 3 heteroatoms. The van der Waals surface area contributed by atoms with Crippen LogP contribution < -0.4 is 15.0 Å². The molecule has 2 rings (SSSR count). The number of nitrogens with zero attached hydrogens (tertiary/aromatic N) is 1. The minimum atomic E-state index is 0.640. The summed E-state index contributed by atoms with van der Waals surface area (Å²) in [6, 6.07) is 8.96. The minimum Gasteiger partial charge on any atom is -0.497 e. The van der Waals surface area contributed by atoms with Crippen molar-refractivity contribution in [3.8, 4) is 5.75 Å². The average Bonchev–Trinajstić information content (AvgIpc) is 2.85. The van der Waals surface area contributed by atoms with Gasteiger partial charge in [0.1, 0.15) is 5.75 Å². The van der Waals surface area contributed by atoms with E-state index in [0.717, 1.165) is 25.4 Å². The van der Waals surface area contributed by atoms with E-state index in [1.54, 1.807) is 7.11 Å². The fraction of sp³-hybridized carbons (Fsp3) is 0.571. The van der Waals surface area contributed by atoms with Crippen LogP contribution in [0.4, 0.5) is 5.69 Å². The molecule has 0 bridgehead atoms. The molecule has 1 saturated heterocycles. The maximum absolute atomic E-state index is 5.26. The van der Waals surface area contributed by atoms with Gasteiger partial charge in [-0.05, 0) is 31.5 Å². The fourth-order valence-electron chi connectivity index (χ4n) is 2.32. The molecule has 0 amide bonds. The molecular weight excluding hydrogens is 212 g/mol. The summed E-state index contributed by atoms with van der Waals surface area (Å²) in [5, 5.41) is 3.59.